The SMILES string of the molecule is CC[NH+]1CCCC1.[Rb+]. The molecule has 1 heterocycles. The normalized spacial score (nSPS) is 20.6. The summed E-state index contributed by atoms with van der Waals surface area (Å²) in [6.07, 6.45) is 2.92. The fourth-order valence-corrected chi connectivity index (χ4v) is 1.23. The van der Waals surface area contributed by atoms with E-state index in [1.54, 1.807) is 4.90 Å². The molecule has 0 amide bonds. The molecule has 0 spiro atoms. The van der Waals surface area contributed by atoms with Gasteiger partial charge in [0.15, 0.2) is 0 Å². The van der Waals surface area contributed by atoms with Gasteiger partial charge in [0, 0.05) is 12.8 Å². The summed E-state index contributed by atoms with van der Waals surface area (Å²) in [5.74, 6) is 0. The van der Waals surface area contributed by atoms with Crippen LogP contribution in [0.25, 0.3) is 0 Å². The van der Waals surface area contributed by atoms with Crippen LogP contribution in [0.1, 0.15) is 19.8 Å². The number of likely N-dealkylation sites (tertiary alicyclic amines) is 1. The monoisotopic (exact) mass is 185 g/mol. The maximum absolute atomic E-state index is 2.26. The first kappa shape index (κ1) is 9.77. The van der Waals surface area contributed by atoms with Gasteiger partial charge in [-0.3, -0.25) is 0 Å². The largest absolute Gasteiger partial charge is 1.00 e. The van der Waals surface area contributed by atoms with Crippen LogP contribution in [0.4, 0.5) is 0 Å². The summed E-state index contributed by atoms with van der Waals surface area (Å²) >= 11 is 0. The Hall–Kier alpha value is 1.77. The van der Waals surface area contributed by atoms with Gasteiger partial charge in [0.25, 0.3) is 0 Å². The fraction of sp³-hybridized carbons (Fsp3) is 1.00. The maximum Gasteiger partial charge on any atom is 1.00 e. The van der Waals surface area contributed by atoms with Crippen molar-refractivity contribution in [2.45, 2.75) is 19.8 Å². The number of rotatable bonds is 1. The molecular formula is C6H14NRb+2. The standard InChI is InChI=1S/C6H13N.Rb/c1-2-7-5-3-4-6-7;/h2-6H2,1H3;/q;+1/p+1. The molecule has 1 fully saturated rings. The van der Waals surface area contributed by atoms with Gasteiger partial charge in [-0.05, 0) is 6.92 Å². The summed E-state index contributed by atoms with van der Waals surface area (Å²) in [4.78, 5) is 1.79. The van der Waals surface area contributed by atoms with Gasteiger partial charge >= 0.3 is 58.2 Å². The number of quaternary nitrogens is 1. The van der Waals surface area contributed by atoms with E-state index in [0.717, 1.165) is 0 Å². The third-order valence-electron chi connectivity index (χ3n) is 1.81. The van der Waals surface area contributed by atoms with Crippen molar-refractivity contribution in [3.8, 4) is 0 Å². The zero-order chi connectivity index (χ0) is 5.11. The van der Waals surface area contributed by atoms with Gasteiger partial charge in [0.1, 0.15) is 0 Å². The second-order valence-electron chi connectivity index (χ2n) is 2.31. The fourth-order valence-electron chi connectivity index (χ4n) is 1.23. The van der Waals surface area contributed by atoms with Crippen LogP contribution in [0.2, 0.25) is 0 Å². The minimum atomic E-state index is 0. The Morgan fingerprint density at radius 2 is 1.75 bits per heavy atom. The molecule has 1 rings (SSSR count). The quantitative estimate of drug-likeness (QED) is 0.437. The van der Waals surface area contributed by atoms with E-state index in [-0.39, 0.29) is 58.2 Å². The predicted molar refractivity (Wildman–Crippen MR) is 30.5 cm³/mol. The Bertz CT molecular complexity index is 50.5. The molecule has 0 aromatic heterocycles. The molecule has 0 radical (unpaired) electrons. The van der Waals surface area contributed by atoms with Gasteiger partial charge in [-0.25, -0.2) is 0 Å². The van der Waals surface area contributed by atoms with E-state index in [2.05, 4.69) is 6.92 Å². The smallest absolute Gasteiger partial charge is 0.335 e. The zero-order valence-electron chi connectivity index (χ0n) is 6.04. The molecule has 0 bridgehead atoms. The topological polar surface area (TPSA) is 4.44 Å². The second kappa shape index (κ2) is 5.54. The van der Waals surface area contributed by atoms with E-state index >= 15 is 0 Å². The predicted octanol–water partition coefficient (Wildman–Crippen LogP) is -3.31. The third-order valence-corrected chi connectivity index (χ3v) is 1.81. The van der Waals surface area contributed by atoms with E-state index in [1.807, 2.05) is 0 Å². The molecule has 1 nitrogen and oxygen atoms in total. The van der Waals surface area contributed by atoms with Crippen LogP contribution >= 0.6 is 0 Å². The van der Waals surface area contributed by atoms with Crippen LogP contribution in [-0.4, -0.2) is 19.6 Å². The summed E-state index contributed by atoms with van der Waals surface area (Å²) < 4.78 is 0. The molecule has 0 aromatic rings. The van der Waals surface area contributed by atoms with Crippen LogP contribution in [0, 0.1) is 0 Å². The Labute approximate surface area is 101 Å². The number of hydrogen-bond donors (Lipinski definition) is 1. The molecule has 0 aromatic carbocycles. The van der Waals surface area contributed by atoms with Crippen LogP contribution in [0.3, 0.4) is 0 Å². The molecule has 0 unspecified atom stereocenters. The average Bonchev–Trinajstić information content (AvgIpc) is 2.14. The first-order valence-electron chi connectivity index (χ1n) is 3.27. The second-order valence-corrected chi connectivity index (χ2v) is 2.31. The molecule has 0 saturated carbocycles. The van der Waals surface area contributed by atoms with Crippen LogP contribution < -0.4 is 63.1 Å². The van der Waals surface area contributed by atoms with Crippen LogP contribution in [-0.2, 0) is 0 Å². The minimum absolute atomic E-state index is 0. The van der Waals surface area contributed by atoms with Gasteiger partial charge in [-0.1, -0.05) is 0 Å². The number of nitrogens with one attached hydrogen (secondary N) is 1. The van der Waals surface area contributed by atoms with Crippen LogP contribution in [0.5, 0.6) is 0 Å². The zero-order valence-corrected chi connectivity index (χ0v) is 11.0. The summed E-state index contributed by atoms with van der Waals surface area (Å²) in [5, 5.41) is 0. The van der Waals surface area contributed by atoms with Gasteiger partial charge in [-0.15, -0.1) is 0 Å². The molecule has 42 valence electrons. The first-order chi connectivity index (χ1) is 3.43. The van der Waals surface area contributed by atoms with Crippen LogP contribution in [0.15, 0.2) is 0 Å². The summed E-state index contributed by atoms with van der Waals surface area (Å²) in [5.41, 5.74) is 0. The van der Waals surface area contributed by atoms with Crippen molar-refractivity contribution in [1.82, 2.24) is 0 Å². The van der Waals surface area contributed by atoms with E-state index in [1.165, 1.54) is 32.5 Å². The third kappa shape index (κ3) is 3.07. The first-order valence-corrected chi connectivity index (χ1v) is 3.27. The maximum atomic E-state index is 2.26. The van der Waals surface area contributed by atoms with Crippen molar-refractivity contribution in [3.05, 3.63) is 0 Å². The Morgan fingerprint density at radius 1 is 1.25 bits per heavy atom. The molecular weight excluding hydrogens is 172 g/mol. The van der Waals surface area contributed by atoms with Crippen molar-refractivity contribution < 1.29 is 63.1 Å². The van der Waals surface area contributed by atoms with Gasteiger partial charge < -0.3 is 4.90 Å². The summed E-state index contributed by atoms with van der Waals surface area (Å²) in [6.45, 7) is 6.45. The van der Waals surface area contributed by atoms with Gasteiger partial charge in [0.05, 0.1) is 19.6 Å². The van der Waals surface area contributed by atoms with Crippen molar-refractivity contribution in [2.24, 2.45) is 0 Å². The van der Waals surface area contributed by atoms with E-state index in [0.29, 0.717) is 0 Å². The average molecular weight is 186 g/mol. The minimum Gasteiger partial charge on any atom is -0.335 e. The molecule has 1 aliphatic heterocycles. The number of hydrogen-bond acceptors (Lipinski definition) is 0. The molecule has 1 saturated heterocycles. The molecule has 0 aliphatic carbocycles. The van der Waals surface area contributed by atoms with E-state index in [4.69, 9.17) is 0 Å². The molecule has 2 heteroatoms. The Morgan fingerprint density at radius 3 is 2.00 bits per heavy atom. The van der Waals surface area contributed by atoms with E-state index < -0.39 is 0 Å². The Balaban J connectivity index is 0.000000490. The van der Waals surface area contributed by atoms with Crippen molar-refractivity contribution >= 4 is 0 Å². The molecule has 8 heavy (non-hydrogen) atoms. The van der Waals surface area contributed by atoms with Gasteiger partial charge in [0.2, 0.25) is 0 Å². The van der Waals surface area contributed by atoms with E-state index in [9.17, 15) is 0 Å². The molecule has 1 aliphatic rings. The molecule has 1 N–H and O–H groups in total. The van der Waals surface area contributed by atoms with Gasteiger partial charge in [-0.2, -0.15) is 0 Å². The van der Waals surface area contributed by atoms with Crippen molar-refractivity contribution in [2.75, 3.05) is 19.6 Å². The Kier molecular flexibility index (Phi) is 6.77. The van der Waals surface area contributed by atoms with Crippen molar-refractivity contribution in [3.63, 3.8) is 0 Å². The van der Waals surface area contributed by atoms with Crippen molar-refractivity contribution in [1.29, 1.82) is 0 Å². The molecule has 0 atom stereocenters. The summed E-state index contributed by atoms with van der Waals surface area (Å²) in [7, 11) is 0. The summed E-state index contributed by atoms with van der Waals surface area (Å²) in [6, 6.07) is 0.